The molecule has 0 aliphatic heterocycles. The van der Waals surface area contributed by atoms with Gasteiger partial charge in [-0.1, -0.05) is 26.2 Å². The summed E-state index contributed by atoms with van der Waals surface area (Å²) in [4.78, 5) is 0. The van der Waals surface area contributed by atoms with Gasteiger partial charge in [0, 0.05) is 13.2 Å². The molecule has 1 unspecified atom stereocenters. The first-order valence-electron chi connectivity index (χ1n) is 6.70. The first-order valence-corrected chi connectivity index (χ1v) is 6.70. The van der Waals surface area contributed by atoms with E-state index in [9.17, 15) is 5.11 Å². The minimum Gasteiger partial charge on any atom is -0.396 e. The van der Waals surface area contributed by atoms with Crippen molar-refractivity contribution in [3.05, 3.63) is 0 Å². The van der Waals surface area contributed by atoms with Crippen LogP contribution in [0.1, 0.15) is 51.9 Å². The van der Waals surface area contributed by atoms with Crippen LogP contribution in [0.4, 0.5) is 0 Å². The van der Waals surface area contributed by atoms with Gasteiger partial charge in [-0.15, -0.1) is 0 Å². The van der Waals surface area contributed by atoms with E-state index in [2.05, 4.69) is 12.2 Å². The van der Waals surface area contributed by atoms with Crippen LogP contribution in [0.5, 0.6) is 0 Å². The van der Waals surface area contributed by atoms with E-state index in [0.717, 1.165) is 38.8 Å². The molecule has 1 aliphatic carbocycles. The highest BCUT2D eigenvalue weighted by Crippen LogP contribution is 2.27. The first kappa shape index (κ1) is 13.9. The van der Waals surface area contributed by atoms with Crippen LogP contribution in [0.3, 0.4) is 0 Å². The van der Waals surface area contributed by atoms with Crippen LogP contribution in [-0.4, -0.2) is 35.5 Å². The number of aliphatic hydroxyl groups excluding tert-OH is 1. The Bertz CT molecular complexity index is 179. The highest BCUT2D eigenvalue weighted by atomic mass is 16.3. The molecule has 0 spiro atoms. The average Bonchev–Trinajstić information content (AvgIpc) is 2.29. The van der Waals surface area contributed by atoms with Gasteiger partial charge in [0.2, 0.25) is 0 Å². The van der Waals surface area contributed by atoms with Crippen LogP contribution in [-0.2, 0) is 0 Å². The van der Waals surface area contributed by atoms with E-state index >= 15 is 0 Å². The molecule has 0 heterocycles. The topological polar surface area (TPSA) is 52.5 Å². The molecule has 0 saturated heterocycles. The Morgan fingerprint density at radius 2 is 1.94 bits per heavy atom. The van der Waals surface area contributed by atoms with Crippen LogP contribution in [0.15, 0.2) is 0 Å². The molecule has 1 saturated carbocycles. The number of rotatable bonds is 7. The summed E-state index contributed by atoms with van der Waals surface area (Å²) in [5.41, 5.74) is -0.444. The highest BCUT2D eigenvalue weighted by Gasteiger charge is 2.28. The van der Waals surface area contributed by atoms with Gasteiger partial charge in [0.15, 0.2) is 0 Å². The second-order valence-electron chi connectivity index (χ2n) is 5.39. The summed E-state index contributed by atoms with van der Waals surface area (Å²) in [6.07, 6.45) is 7.65. The van der Waals surface area contributed by atoms with E-state index < -0.39 is 5.60 Å². The van der Waals surface area contributed by atoms with Crippen LogP contribution < -0.4 is 5.32 Å². The van der Waals surface area contributed by atoms with Crippen LogP contribution in [0, 0.1) is 5.92 Å². The molecule has 1 rings (SSSR count). The third-order valence-electron chi connectivity index (χ3n) is 3.60. The minimum atomic E-state index is -0.444. The molecule has 0 radical (unpaired) electrons. The number of hydrogen-bond donors (Lipinski definition) is 3. The Labute approximate surface area is 99.3 Å². The highest BCUT2D eigenvalue weighted by molar-refractivity contribution is 4.84. The largest absolute Gasteiger partial charge is 0.396 e. The van der Waals surface area contributed by atoms with Crippen LogP contribution >= 0.6 is 0 Å². The first-order chi connectivity index (χ1) is 7.66. The van der Waals surface area contributed by atoms with Crippen molar-refractivity contribution in [1.82, 2.24) is 5.32 Å². The van der Waals surface area contributed by atoms with Gasteiger partial charge in [-0.3, -0.25) is 0 Å². The van der Waals surface area contributed by atoms with E-state index in [1.165, 1.54) is 19.3 Å². The second kappa shape index (κ2) is 7.25. The SMILES string of the molecule is CC(CO)CCCNCC1(O)CCCCC1. The standard InChI is InChI=1S/C13H27NO2/c1-12(10-15)6-5-9-14-11-13(16)7-3-2-4-8-13/h12,14-16H,2-11H2,1H3. The molecule has 0 bridgehead atoms. The summed E-state index contributed by atoms with van der Waals surface area (Å²) < 4.78 is 0. The maximum Gasteiger partial charge on any atom is 0.0771 e. The lowest BCUT2D eigenvalue weighted by Crippen LogP contribution is -2.42. The van der Waals surface area contributed by atoms with Gasteiger partial charge in [-0.25, -0.2) is 0 Å². The van der Waals surface area contributed by atoms with Gasteiger partial charge in [-0.2, -0.15) is 0 Å². The molecular formula is C13H27NO2. The zero-order chi connectivity index (χ0) is 11.9. The summed E-state index contributed by atoms with van der Waals surface area (Å²) in [5, 5.41) is 22.4. The van der Waals surface area contributed by atoms with Gasteiger partial charge in [-0.05, 0) is 38.1 Å². The predicted molar refractivity (Wildman–Crippen MR) is 66.4 cm³/mol. The van der Waals surface area contributed by atoms with Crippen molar-refractivity contribution in [3.63, 3.8) is 0 Å². The van der Waals surface area contributed by atoms with Crippen molar-refractivity contribution < 1.29 is 10.2 Å². The number of hydrogen-bond acceptors (Lipinski definition) is 3. The summed E-state index contributed by atoms with van der Waals surface area (Å²) in [6.45, 7) is 4.03. The molecule has 0 aromatic heterocycles. The average molecular weight is 229 g/mol. The van der Waals surface area contributed by atoms with E-state index in [1.807, 2.05) is 0 Å². The molecule has 3 N–H and O–H groups in total. The fourth-order valence-electron chi connectivity index (χ4n) is 2.37. The van der Waals surface area contributed by atoms with Gasteiger partial charge >= 0.3 is 0 Å². The normalized spacial score (nSPS) is 21.9. The summed E-state index contributed by atoms with van der Waals surface area (Å²) in [5.74, 6) is 0.402. The third kappa shape index (κ3) is 5.28. The Hall–Kier alpha value is -0.120. The fraction of sp³-hybridized carbons (Fsp3) is 1.00. The predicted octanol–water partition coefficient (Wildman–Crippen LogP) is 1.68. The van der Waals surface area contributed by atoms with E-state index in [4.69, 9.17) is 5.11 Å². The minimum absolute atomic E-state index is 0.282. The maximum atomic E-state index is 10.2. The van der Waals surface area contributed by atoms with Gasteiger partial charge in [0.25, 0.3) is 0 Å². The maximum absolute atomic E-state index is 10.2. The van der Waals surface area contributed by atoms with Gasteiger partial charge in [0.1, 0.15) is 0 Å². The van der Waals surface area contributed by atoms with Crippen molar-refractivity contribution >= 4 is 0 Å². The van der Waals surface area contributed by atoms with Gasteiger partial charge < -0.3 is 15.5 Å². The molecular weight excluding hydrogens is 202 g/mol. The van der Waals surface area contributed by atoms with Crippen molar-refractivity contribution in [2.75, 3.05) is 19.7 Å². The molecule has 3 heteroatoms. The van der Waals surface area contributed by atoms with Crippen molar-refractivity contribution in [1.29, 1.82) is 0 Å². The van der Waals surface area contributed by atoms with Gasteiger partial charge in [0.05, 0.1) is 5.60 Å². The lowest BCUT2D eigenvalue weighted by Gasteiger charge is -2.32. The Balaban J connectivity index is 2.01. The quantitative estimate of drug-likeness (QED) is 0.582. The van der Waals surface area contributed by atoms with Crippen molar-refractivity contribution in [2.24, 2.45) is 5.92 Å². The molecule has 3 nitrogen and oxygen atoms in total. The lowest BCUT2D eigenvalue weighted by atomic mass is 9.85. The Morgan fingerprint density at radius 1 is 1.25 bits per heavy atom. The molecule has 96 valence electrons. The van der Waals surface area contributed by atoms with E-state index in [1.54, 1.807) is 0 Å². The molecule has 1 atom stereocenters. The summed E-state index contributed by atoms with van der Waals surface area (Å²) in [7, 11) is 0. The number of aliphatic hydroxyl groups is 2. The molecule has 0 aromatic rings. The molecule has 1 aliphatic rings. The van der Waals surface area contributed by atoms with E-state index in [0.29, 0.717) is 5.92 Å². The molecule has 1 fully saturated rings. The fourth-order valence-corrected chi connectivity index (χ4v) is 2.37. The smallest absolute Gasteiger partial charge is 0.0771 e. The zero-order valence-electron chi connectivity index (χ0n) is 10.5. The molecule has 0 amide bonds. The zero-order valence-corrected chi connectivity index (χ0v) is 10.5. The van der Waals surface area contributed by atoms with Crippen LogP contribution in [0.2, 0.25) is 0 Å². The van der Waals surface area contributed by atoms with E-state index in [-0.39, 0.29) is 6.61 Å². The lowest BCUT2D eigenvalue weighted by molar-refractivity contribution is 0.00497. The third-order valence-corrected chi connectivity index (χ3v) is 3.60. The Kier molecular flexibility index (Phi) is 6.32. The van der Waals surface area contributed by atoms with Crippen molar-refractivity contribution in [3.8, 4) is 0 Å². The monoisotopic (exact) mass is 229 g/mol. The van der Waals surface area contributed by atoms with Crippen molar-refractivity contribution in [2.45, 2.75) is 57.5 Å². The van der Waals surface area contributed by atoms with Crippen LogP contribution in [0.25, 0.3) is 0 Å². The summed E-state index contributed by atoms with van der Waals surface area (Å²) >= 11 is 0. The number of nitrogens with one attached hydrogen (secondary N) is 1. The second-order valence-corrected chi connectivity index (χ2v) is 5.39. The summed E-state index contributed by atoms with van der Waals surface area (Å²) in [6, 6.07) is 0. The molecule has 0 aromatic carbocycles. The Morgan fingerprint density at radius 3 is 2.56 bits per heavy atom. The molecule has 16 heavy (non-hydrogen) atoms.